The first kappa shape index (κ1) is 20.0. The number of furan rings is 1. The van der Waals surface area contributed by atoms with Crippen molar-refractivity contribution >= 4 is 21.4 Å². The summed E-state index contributed by atoms with van der Waals surface area (Å²) >= 11 is 0. The largest absolute Gasteiger partial charge is 0.497 e. The summed E-state index contributed by atoms with van der Waals surface area (Å²) in [5.41, 5.74) is 2.02. The quantitative estimate of drug-likeness (QED) is 0.716. The number of hydrogen-bond acceptors (Lipinski definition) is 6. The number of fused-ring (bicyclic) bond motifs is 1. The first-order valence-electron chi connectivity index (χ1n) is 9.89. The Labute approximate surface area is 171 Å². The lowest BCUT2D eigenvalue weighted by molar-refractivity contribution is -0.120. The van der Waals surface area contributed by atoms with Gasteiger partial charge < -0.3 is 14.1 Å². The molecule has 8 heteroatoms. The van der Waals surface area contributed by atoms with Crippen LogP contribution in [0.1, 0.15) is 24.2 Å². The van der Waals surface area contributed by atoms with Crippen molar-refractivity contribution in [2.45, 2.75) is 31.8 Å². The number of amides is 1. The molecule has 4 rings (SSSR count). The van der Waals surface area contributed by atoms with E-state index < -0.39 is 9.84 Å². The molecule has 156 valence electrons. The molecule has 29 heavy (non-hydrogen) atoms. The van der Waals surface area contributed by atoms with E-state index in [4.69, 9.17) is 9.15 Å². The third kappa shape index (κ3) is 4.48. The molecule has 1 unspecified atom stereocenters. The minimum atomic E-state index is -3.05. The van der Waals surface area contributed by atoms with E-state index in [2.05, 4.69) is 0 Å². The first-order chi connectivity index (χ1) is 13.9. The van der Waals surface area contributed by atoms with Crippen LogP contribution in [-0.2, 0) is 27.6 Å². The zero-order chi connectivity index (χ0) is 20.4. The highest BCUT2D eigenvalue weighted by Crippen LogP contribution is 2.31. The summed E-state index contributed by atoms with van der Waals surface area (Å²) in [5, 5.41) is 0. The normalized spacial score (nSPS) is 20.6. The van der Waals surface area contributed by atoms with E-state index in [-0.39, 0.29) is 30.0 Å². The van der Waals surface area contributed by atoms with Crippen molar-refractivity contribution in [3.05, 3.63) is 47.9 Å². The lowest BCUT2D eigenvalue weighted by atomic mass is 10.0. The number of rotatable bonds is 6. The van der Waals surface area contributed by atoms with Gasteiger partial charge in [-0.25, -0.2) is 8.42 Å². The molecule has 1 aromatic heterocycles. The molecule has 0 radical (unpaired) electrons. The molecule has 0 N–H and O–H groups in total. The summed E-state index contributed by atoms with van der Waals surface area (Å²) in [6.07, 6.45) is 3.94. The van der Waals surface area contributed by atoms with Crippen molar-refractivity contribution in [3.63, 3.8) is 0 Å². The van der Waals surface area contributed by atoms with Crippen LogP contribution in [0.5, 0.6) is 5.75 Å². The standard InChI is InChI=1S/C21H26N2O5S/c1-27-18-6-7-20-16(12-18)4-2-9-23(20)21(24)14-22(13-19-5-3-10-28-19)17-8-11-29(25,26)15-17/h3,5-7,10,12,17H,2,4,8-9,11,13-15H2,1H3. The number of ether oxygens (including phenoxy) is 1. The number of nitrogens with zero attached hydrogens (tertiary/aromatic N) is 2. The fourth-order valence-corrected chi connectivity index (χ4v) is 5.96. The van der Waals surface area contributed by atoms with Crippen molar-refractivity contribution in [1.82, 2.24) is 4.90 Å². The molecule has 1 saturated heterocycles. The van der Waals surface area contributed by atoms with Gasteiger partial charge in [0.15, 0.2) is 9.84 Å². The molecule has 1 atom stereocenters. The molecule has 0 spiro atoms. The molecule has 0 bridgehead atoms. The summed E-state index contributed by atoms with van der Waals surface area (Å²) in [6.45, 7) is 1.24. The average Bonchev–Trinajstić information content (AvgIpc) is 3.35. The van der Waals surface area contributed by atoms with Crippen LogP contribution in [0.15, 0.2) is 41.0 Å². The van der Waals surface area contributed by atoms with E-state index in [0.29, 0.717) is 19.5 Å². The molecule has 2 aliphatic heterocycles. The van der Waals surface area contributed by atoms with Crippen molar-refractivity contribution in [3.8, 4) is 5.75 Å². The number of hydrogen-bond donors (Lipinski definition) is 0. The van der Waals surface area contributed by atoms with Crippen LogP contribution in [0.4, 0.5) is 5.69 Å². The van der Waals surface area contributed by atoms with Gasteiger partial charge in [-0.1, -0.05) is 0 Å². The van der Waals surface area contributed by atoms with Crippen LogP contribution in [0.25, 0.3) is 0 Å². The molecule has 2 aromatic rings. The predicted molar refractivity (Wildman–Crippen MR) is 110 cm³/mol. The Morgan fingerprint density at radius 3 is 2.90 bits per heavy atom. The summed E-state index contributed by atoms with van der Waals surface area (Å²) in [5.74, 6) is 1.76. The summed E-state index contributed by atoms with van der Waals surface area (Å²) in [4.78, 5) is 17.0. The first-order valence-corrected chi connectivity index (χ1v) is 11.7. The monoisotopic (exact) mass is 418 g/mol. The van der Waals surface area contributed by atoms with Gasteiger partial charge in [0.25, 0.3) is 0 Å². The fraction of sp³-hybridized carbons (Fsp3) is 0.476. The summed E-state index contributed by atoms with van der Waals surface area (Å²) in [6, 6.07) is 9.27. The lowest BCUT2D eigenvalue weighted by Crippen LogP contribution is -2.46. The van der Waals surface area contributed by atoms with E-state index in [1.54, 1.807) is 19.4 Å². The highest BCUT2D eigenvalue weighted by atomic mass is 32.2. The van der Waals surface area contributed by atoms with Crippen molar-refractivity contribution < 1.29 is 22.4 Å². The number of anilines is 1. The van der Waals surface area contributed by atoms with Gasteiger partial charge in [-0.05, 0) is 55.2 Å². The number of carbonyl (C=O) groups excluding carboxylic acids is 1. The van der Waals surface area contributed by atoms with E-state index in [9.17, 15) is 13.2 Å². The summed E-state index contributed by atoms with van der Waals surface area (Å²) < 4.78 is 34.8. The second-order valence-electron chi connectivity index (χ2n) is 7.68. The minimum absolute atomic E-state index is 0.0213. The average molecular weight is 419 g/mol. The van der Waals surface area contributed by atoms with E-state index in [1.807, 2.05) is 34.1 Å². The third-order valence-corrected chi connectivity index (χ3v) is 7.46. The van der Waals surface area contributed by atoms with E-state index >= 15 is 0 Å². The highest BCUT2D eigenvalue weighted by molar-refractivity contribution is 7.91. The van der Waals surface area contributed by atoms with Crippen LogP contribution >= 0.6 is 0 Å². The smallest absolute Gasteiger partial charge is 0.241 e. The molecule has 1 fully saturated rings. The van der Waals surface area contributed by atoms with Gasteiger partial charge in [0.05, 0.1) is 38.0 Å². The van der Waals surface area contributed by atoms with Crippen LogP contribution in [0.3, 0.4) is 0 Å². The van der Waals surface area contributed by atoms with Gasteiger partial charge in [0, 0.05) is 18.3 Å². The van der Waals surface area contributed by atoms with Gasteiger partial charge in [-0.3, -0.25) is 9.69 Å². The third-order valence-electron chi connectivity index (χ3n) is 5.71. The molecule has 0 aliphatic carbocycles. The minimum Gasteiger partial charge on any atom is -0.497 e. The van der Waals surface area contributed by atoms with Crippen LogP contribution in [0, 0.1) is 0 Å². The molecule has 1 amide bonds. The van der Waals surface area contributed by atoms with Crippen molar-refractivity contribution in [2.24, 2.45) is 0 Å². The zero-order valence-corrected chi connectivity index (χ0v) is 17.4. The van der Waals surface area contributed by atoms with Gasteiger partial charge >= 0.3 is 0 Å². The molecule has 2 aliphatic rings. The molecule has 7 nitrogen and oxygen atoms in total. The maximum atomic E-state index is 13.2. The number of benzene rings is 1. The molecular weight excluding hydrogens is 392 g/mol. The lowest BCUT2D eigenvalue weighted by Gasteiger charge is -2.33. The molecule has 0 saturated carbocycles. The number of methoxy groups -OCH3 is 1. The van der Waals surface area contributed by atoms with Gasteiger partial charge in [0.1, 0.15) is 11.5 Å². The topological polar surface area (TPSA) is 80.1 Å². The van der Waals surface area contributed by atoms with Crippen LogP contribution in [-0.4, -0.2) is 57.0 Å². The number of carbonyl (C=O) groups is 1. The second kappa shape index (κ2) is 8.20. The Morgan fingerprint density at radius 1 is 1.34 bits per heavy atom. The SMILES string of the molecule is COc1ccc2c(c1)CCCN2C(=O)CN(Cc1ccco1)C1CCS(=O)(=O)C1. The van der Waals surface area contributed by atoms with Gasteiger partial charge in [-0.15, -0.1) is 0 Å². The fourth-order valence-electron chi connectivity index (χ4n) is 4.20. The summed E-state index contributed by atoms with van der Waals surface area (Å²) in [7, 11) is -1.41. The Balaban J connectivity index is 1.54. The Kier molecular flexibility index (Phi) is 5.65. The Bertz CT molecular complexity index is 971. The predicted octanol–water partition coefficient (Wildman–Crippen LogP) is 2.26. The van der Waals surface area contributed by atoms with Crippen LogP contribution in [0.2, 0.25) is 0 Å². The highest BCUT2D eigenvalue weighted by Gasteiger charge is 2.35. The van der Waals surface area contributed by atoms with E-state index in [0.717, 1.165) is 35.6 Å². The molecule has 3 heterocycles. The Hall–Kier alpha value is -2.32. The van der Waals surface area contributed by atoms with Crippen molar-refractivity contribution in [1.29, 1.82) is 0 Å². The molecule has 1 aromatic carbocycles. The van der Waals surface area contributed by atoms with Crippen molar-refractivity contribution in [2.75, 3.05) is 36.6 Å². The molecular formula is C21H26N2O5S. The van der Waals surface area contributed by atoms with Gasteiger partial charge in [0.2, 0.25) is 5.91 Å². The maximum absolute atomic E-state index is 13.2. The van der Waals surface area contributed by atoms with E-state index in [1.165, 1.54) is 0 Å². The number of aryl methyl sites for hydroxylation is 1. The van der Waals surface area contributed by atoms with Crippen LogP contribution < -0.4 is 9.64 Å². The zero-order valence-electron chi connectivity index (χ0n) is 16.5. The Morgan fingerprint density at radius 2 is 2.21 bits per heavy atom. The number of sulfone groups is 1. The van der Waals surface area contributed by atoms with Gasteiger partial charge in [-0.2, -0.15) is 0 Å². The maximum Gasteiger partial charge on any atom is 0.241 e. The second-order valence-corrected chi connectivity index (χ2v) is 9.91.